The molecule has 0 saturated heterocycles. The topological polar surface area (TPSA) is 81.9 Å². The molecule has 0 fully saturated rings. The van der Waals surface area contributed by atoms with Crippen molar-refractivity contribution in [1.82, 2.24) is 4.90 Å². The molecule has 3 aromatic rings. The number of ether oxygens (including phenoxy) is 2. The van der Waals surface area contributed by atoms with E-state index in [4.69, 9.17) is 15.2 Å². The van der Waals surface area contributed by atoms with Gasteiger partial charge in [0.25, 0.3) is 5.91 Å². The largest absolute Gasteiger partial charge is 0.490 e. The molecule has 0 heterocycles. The molecule has 0 aliphatic heterocycles. The number of nitrogens with two attached hydrogens (primary N) is 1. The molecule has 6 heteroatoms. The molecule has 3 rings (SSSR count). The third-order valence-electron chi connectivity index (χ3n) is 5.22. The molecule has 0 saturated carbocycles. The number of carbonyl (C=O) groups excluding carboxylic acids is 2. The Balaban J connectivity index is 1.74. The lowest BCUT2D eigenvalue weighted by molar-refractivity contribution is 0.0549. The van der Waals surface area contributed by atoms with E-state index in [1.807, 2.05) is 74.5 Å². The number of amides is 1. The maximum Gasteiger partial charge on any atom is 0.252 e. The van der Waals surface area contributed by atoms with Crippen LogP contribution in [0.2, 0.25) is 0 Å². The van der Waals surface area contributed by atoms with Crippen LogP contribution >= 0.6 is 0 Å². The summed E-state index contributed by atoms with van der Waals surface area (Å²) >= 11 is 0. The number of hydrogen-bond donors (Lipinski definition) is 1. The smallest absolute Gasteiger partial charge is 0.252 e. The first-order valence-electron chi connectivity index (χ1n) is 11.4. The second-order valence-corrected chi connectivity index (χ2v) is 8.38. The van der Waals surface area contributed by atoms with Gasteiger partial charge in [-0.05, 0) is 43.2 Å². The predicted molar refractivity (Wildman–Crippen MR) is 133 cm³/mol. The molecule has 0 radical (unpaired) electrons. The van der Waals surface area contributed by atoms with Gasteiger partial charge in [-0.2, -0.15) is 0 Å². The van der Waals surface area contributed by atoms with Gasteiger partial charge < -0.3 is 15.2 Å². The monoisotopic (exact) mass is 460 g/mol. The Kier molecular flexibility index (Phi) is 9.38. The number of carbonyl (C=O) groups is 2. The van der Waals surface area contributed by atoms with Crippen LogP contribution in [0.25, 0.3) is 0 Å². The van der Waals surface area contributed by atoms with Gasteiger partial charge in [-0.3, -0.25) is 14.5 Å². The van der Waals surface area contributed by atoms with Crippen LogP contribution in [0, 0.1) is 0 Å². The molecule has 3 aromatic carbocycles. The van der Waals surface area contributed by atoms with Crippen LogP contribution < -0.4 is 10.5 Å². The molecule has 34 heavy (non-hydrogen) atoms. The van der Waals surface area contributed by atoms with Crippen molar-refractivity contribution in [3.05, 3.63) is 101 Å². The van der Waals surface area contributed by atoms with Gasteiger partial charge in [0.2, 0.25) is 0 Å². The Morgan fingerprint density at radius 1 is 0.853 bits per heavy atom. The summed E-state index contributed by atoms with van der Waals surface area (Å²) in [6.07, 6.45) is 0.0916. The predicted octanol–water partition coefficient (Wildman–Crippen LogP) is 4.47. The van der Waals surface area contributed by atoms with Crippen LogP contribution in [0.5, 0.6) is 5.75 Å². The van der Waals surface area contributed by atoms with E-state index in [2.05, 4.69) is 4.90 Å². The molecule has 0 aliphatic rings. The third-order valence-corrected chi connectivity index (χ3v) is 5.22. The van der Waals surface area contributed by atoms with Gasteiger partial charge in [-0.15, -0.1) is 0 Å². The Bertz CT molecular complexity index is 1030. The van der Waals surface area contributed by atoms with Crippen molar-refractivity contribution < 1.29 is 19.1 Å². The second-order valence-electron chi connectivity index (χ2n) is 8.38. The highest BCUT2D eigenvalue weighted by Crippen LogP contribution is 2.21. The average Bonchev–Trinajstić information content (AvgIpc) is 2.83. The standard InChI is InChI=1S/C28H32N2O4/c1-21(2)33-15-16-34-27-14-13-24(17-25(27)28(29)32)26(31)20-30(18-22-9-5-3-6-10-22)19-23-11-7-4-8-12-23/h3-14,17,21H,15-16,18-20H2,1-2H3,(H2,29,32). The molecule has 6 nitrogen and oxygen atoms in total. The number of benzene rings is 3. The van der Waals surface area contributed by atoms with Crippen molar-refractivity contribution in [3.8, 4) is 5.75 Å². The van der Waals surface area contributed by atoms with E-state index in [0.717, 1.165) is 11.1 Å². The van der Waals surface area contributed by atoms with Crippen LogP contribution in [-0.4, -0.2) is 42.5 Å². The van der Waals surface area contributed by atoms with Crippen molar-refractivity contribution in [1.29, 1.82) is 0 Å². The van der Waals surface area contributed by atoms with Crippen molar-refractivity contribution in [2.75, 3.05) is 19.8 Å². The quantitative estimate of drug-likeness (QED) is 0.301. The van der Waals surface area contributed by atoms with Gasteiger partial charge in [-0.25, -0.2) is 0 Å². The minimum Gasteiger partial charge on any atom is -0.490 e. The summed E-state index contributed by atoms with van der Waals surface area (Å²) < 4.78 is 11.1. The number of rotatable bonds is 13. The van der Waals surface area contributed by atoms with Gasteiger partial charge >= 0.3 is 0 Å². The van der Waals surface area contributed by atoms with Crippen LogP contribution in [0.4, 0.5) is 0 Å². The zero-order valence-electron chi connectivity index (χ0n) is 19.8. The van der Waals surface area contributed by atoms with Gasteiger partial charge in [0.05, 0.1) is 24.8 Å². The lowest BCUT2D eigenvalue weighted by Gasteiger charge is -2.22. The highest BCUT2D eigenvalue weighted by atomic mass is 16.5. The van der Waals surface area contributed by atoms with E-state index in [-0.39, 0.29) is 30.6 Å². The molecular formula is C28H32N2O4. The van der Waals surface area contributed by atoms with Gasteiger partial charge in [0.15, 0.2) is 5.78 Å². The number of primary amides is 1. The maximum absolute atomic E-state index is 13.2. The van der Waals surface area contributed by atoms with E-state index >= 15 is 0 Å². The summed E-state index contributed by atoms with van der Waals surface area (Å²) in [4.78, 5) is 27.3. The molecule has 0 aliphatic carbocycles. The molecular weight excluding hydrogens is 428 g/mol. The molecule has 0 atom stereocenters. The van der Waals surface area contributed by atoms with Crippen molar-refractivity contribution in [3.63, 3.8) is 0 Å². The molecule has 0 aromatic heterocycles. The van der Waals surface area contributed by atoms with E-state index < -0.39 is 5.91 Å². The van der Waals surface area contributed by atoms with Crippen molar-refractivity contribution in [2.24, 2.45) is 5.73 Å². The maximum atomic E-state index is 13.2. The number of hydrogen-bond acceptors (Lipinski definition) is 5. The van der Waals surface area contributed by atoms with Crippen LogP contribution in [0.1, 0.15) is 45.7 Å². The molecule has 1 amide bonds. The van der Waals surface area contributed by atoms with Crippen molar-refractivity contribution in [2.45, 2.75) is 33.0 Å². The first kappa shape index (κ1) is 25.1. The molecule has 0 unspecified atom stereocenters. The fourth-order valence-electron chi connectivity index (χ4n) is 3.60. The summed E-state index contributed by atoms with van der Waals surface area (Å²) in [6, 6.07) is 24.9. The Morgan fingerprint density at radius 2 is 1.44 bits per heavy atom. The first-order valence-corrected chi connectivity index (χ1v) is 11.4. The molecule has 2 N–H and O–H groups in total. The van der Waals surface area contributed by atoms with Gasteiger partial charge in [-0.1, -0.05) is 60.7 Å². The van der Waals surface area contributed by atoms with Crippen LogP contribution in [-0.2, 0) is 17.8 Å². The summed E-state index contributed by atoms with van der Waals surface area (Å²) in [5.41, 5.74) is 8.42. The zero-order valence-corrected chi connectivity index (χ0v) is 19.8. The minimum atomic E-state index is -0.639. The number of ketones is 1. The van der Waals surface area contributed by atoms with Crippen LogP contribution in [0.15, 0.2) is 78.9 Å². The van der Waals surface area contributed by atoms with Crippen molar-refractivity contribution >= 4 is 11.7 Å². The lowest BCUT2D eigenvalue weighted by Crippen LogP contribution is -2.29. The zero-order chi connectivity index (χ0) is 24.3. The summed E-state index contributed by atoms with van der Waals surface area (Å²) in [7, 11) is 0. The molecule has 0 spiro atoms. The fourth-order valence-corrected chi connectivity index (χ4v) is 3.60. The Morgan fingerprint density at radius 3 is 1.97 bits per heavy atom. The third kappa shape index (κ3) is 7.83. The Hall–Kier alpha value is -3.48. The van der Waals surface area contributed by atoms with E-state index in [1.54, 1.807) is 12.1 Å². The molecule has 178 valence electrons. The number of Topliss-reactive ketones (excluding diaryl/α,β-unsaturated/α-hetero) is 1. The Labute approximate surface area is 201 Å². The van der Waals surface area contributed by atoms with Gasteiger partial charge in [0, 0.05) is 18.7 Å². The van der Waals surface area contributed by atoms with E-state index in [1.165, 1.54) is 6.07 Å². The summed E-state index contributed by atoms with van der Waals surface area (Å²) in [5.74, 6) is -0.384. The highest BCUT2D eigenvalue weighted by Gasteiger charge is 2.18. The van der Waals surface area contributed by atoms with Gasteiger partial charge in [0.1, 0.15) is 12.4 Å². The normalized spacial score (nSPS) is 11.1. The van der Waals surface area contributed by atoms with E-state index in [9.17, 15) is 9.59 Å². The lowest BCUT2D eigenvalue weighted by atomic mass is 10.0. The first-order chi connectivity index (χ1) is 16.4. The average molecular weight is 461 g/mol. The highest BCUT2D eigenvalue weighted by molar-refractivity contribution is 6.02. The second kappa shape index (κ2) is 12.7. The number of nitrogens with zero attached hydrogens (tertiary/aromatic N) is 1. The van der Waals surface area contributed by atoms with E-state index in [0.29, 0.717) is 31.0 Å². The minimum absolute atomic E-state index is 0.0916. The van der Waals surface area contributed by atoms with Crippen LogP contribution in [0.3, 0.4) is 0 Å². The molecule has 0 bridgehead atoms. The summed E-state index contributed by atoms with van der Waals surface area (Å²) in [6.45, 7) is 6.01. The summed E-state index contributed by atoms with van der Waals surface area (Å²) in [5, 5.41) is 0. The SMILES string of the molecule is CC(C)OCCOc1ccc(C(=O)CN(Cc2ccccc2)Cc2ccccc2)cc1C(N)=O. The fraction of sp³-hybridized carbons (Fsp3) is 0.286.